The molecule has 0 bridgehead atoms. The highest BCUT2D eigenvalue weighted by molar-refractivity contribution is 5.07. The van der Waals surface area contributed by atoms with E-state index in [1.807, 2.05) is 0 Å². The summed E-state index contributed by atoms with van der Waals surface area (Å²) in [6, 6.07) is 0. The van der Waals surface area contributed by atoms with Crippen molar-refractivity contribution in [3.8, 4) is 0 Å². The van der Waals surface area contributed by atoms with Crippen LogP contribution in [0.25, 0.3) is 0 Å². The van der Waals surface area contributed by atoms with Crippen molar-refractivity contribution in [2.24, 2.45) is 0 Å². The van der Waals surface area contributed by atoms with Crippen LogP contribution >= 0.6 is 0 Å². The predicted octanol–water partition coefficient (Wildman–Crippen LogP) is 1.71. The third-order valence-corrected chi connectivity index (χ3v) is 2.88. The zero-order valence-corrected chi connectivity index (χ0v) is 11.0. The van der Waals surface area contributed by atoms with Crippen LogP contribution in [-0.4, -0.2) is 56.2 Å². The Bertz CT molecular complexity index is 380. The van der Waals surface area contributed by atoms with Gasteiger partial charge in [0.1, 0.15) is 0 Å². The molecule has 12 heteroatoms. The predicted molar refractivity (Wildman–Crippen MR) is 54.7 cm³/mol. The topological polar surface area (TPSA) is 80.9 Å². The van der Waals surface area contributed by atoms with Crippen LogP contribution in [0.3, 0.4) is 0 Å². The third kappa shape index (κ3) is 3.14. The molecular weight excluding hydrogens is 336 g/mol. The molecule has 0 aliphatic heterocycles. The fraction of sp³-hybridized carbons (Fsp3) is 1.00. The first-order valence-electron chi connectivity index (χ1n) is 5.84. The lowest BCUT2D eigenvalue weighted by Crippen LogP contribution is -2.72. The van der Waals surface area contributed by atoms with Crippen molar-refractivity contribution >= 4 is 0 Å². The second-order valence-corrected chi connectivity index (χ2v) is 4.64. The lowest BCUT2D eigenvalue weighted by molar-refractivity contribution is -0.497. The second-order valence-electron chi connectivity index (χ2n) is 4.64. The minimum atomic E-state index is -6.95. The SMILES string of the molecule is CCCCC(F)C(F)(F)C(F)(F)C(F)(F)C(O)(F)C(O)(O)O. The first kappa shape index (κ1) is 21.3. The maximum absolute atomic E-state index is 13.2. The Morgan fingerprint density at radius 1 is 0.818 bits per heavy atom. The quantitative estimate of drug-likeness (QED) is 0.397. The van der Waals surface area contributed by atoms with Crippen LogP contribution in [-0.2, 0) is 0 Å². The van der Waals surface area contributed by atoms with E-state index < -0.39 is 42.2 Å². The number of rotatable bonds is 8. The van der Waals surface area contributed by atoms with Gasteiger partial charge in [0.05, 0.1) is 0 Å². The van der Waals surface area contributed by atoms with E-state index in [9.17, 15) is 35.1 Å². The molecule has 0 rings (SSSR count). The smallest absolute Gasteiger partial charge is 0.351 e. The van der Waals surface area contributed by atoms with Gasteiger partial charge >= 0.3 is 29.6 Å². The molecule has 0 saturated heterocycles. The van der Waals surface area contributed by atoms with E-state index in [1.54, 1.807) is 0 Å². The highest BCUT2D eigenvalue weighted by Crippen LogP contribution is 2.55. The minimum Gasteiger partial charge on any atom is -0.351 e. The maximum atomic E-state index is 13.2. The molecule has 0 heterocycles. The molecule has 4 nitrogen and oxygen atoms in total. The Morgan fingerprint density at radius 3 is 1.55 bits per heavy atom. The molecular formula is C10H14F8O4. The van der Waals surface area contributed by atoms with Crippen LogP contribution < -0.4 is 0 Å². The Morgan fingerprint density at radius 2 is 1.23 bits per heavy atom. The van der Waals surface area contributed by atoms with Gasteiger partial charge in [0.2, 0.25) is 0 Å². The summed E-state index contributed by atoms with van der Waals surface area (Å²) in [4.78, 5) is 0. The average molecular weight is 350 g/mol. The highest BCUT2D eigenvalue weighted by atomic mass is 19.4. The maximum Gasteiger partial charge on any atom is 0.381 e. The number of hydrogen-bond acceptors (Lipinski definition) is 4. The van der Waals surface area contributed by atoms with E-state index >= 15 is 0 Å². The van der Waals surface area contributed by atoms with Crippen LogP contribution in [0.15, 0.2) is 0 Å². The third-order valence-electron chi connectivity index (χ3n) is 2.88. The van der Waals surface area contributed by atoms with Crippen LogP contribution in [0, 0.1) is 0 Å². The molecule has 0 aliphatic rings. The Labute approximate surface area is 119 Å². The normalized spacial score (nSPS) is 19.0. The van der Waals surface area contributed by atoms with Gasteiger partial charge in [0.25, 0.3) is 0 Å². The number of aliphatic hydroxyl groups is 4. The lowest BCUT2D eigenvalue weighted by Gasteiger charge is -2.41. The van der Waals surface area contributed by atoms with Gasteiger partial charge in [-0.25, -0.2) is 4.39 Å². The molecule has 134 valence electrons. The largest absolute Gasteiger partial charge is 0.381 e. The Hall–Kier alpha value is -0.720. The molecule has 0 aromatic carbocycles. The fourth-order valence-corrected chi connectivity index (χ4v) is 1.39. The van der Waals surface area contributed by atoms with Crippen LogP contribution in [0.2, 0.25) is 0 Å². The standard InChI is InChI=1S/C10H14F8O4/c1-2-3-4-5(11)6(12,13)7(14,15)8(16,17)9(18,19)10(20,21)22/h5,19-22H,2-4H2,1H3. The van der Waals surface area contributed by atoms with Crippen molar-refractivity contribution in [1.29, 1.82) is 0 Å². The Balaban J connectivity index is 5.78. The van der Waals surface area contributed by atoms with Crippen molar-refractivity contribution in [2.45, 2.75) is 62.0 Å². The van der Waals surface area contributed by atoms with Crippen molar-refractivity contribution in [1.82, 2.24) is 0 Å². The summed E-state index contributed by atoms with van der Waals surface area (Å²) in [7, 11) is 0. The van der Waals surface area contributed by atoms with Crippen molar-refractivity contribution in [3.63, 3.8) is 0 Å². The fourth-order valence-electron chi connectivity index (χ4n) is 1.39. The van der Waals surface area contributed by atoms with Gasteiger partial charge in [-0.15, -0.1) is 0 Å². The van der Waals surface area contributed by atoms with E-state index in [2.05, 4.69) is 0 Å². The zero-order chi connectivity index (χ0) is 18.2. The molecule has 0 aliphatic carbocycles. The molecule has 0 aromatic rings. The van der Waals surface area contributed by atoms with Gasteiger partial charge in [-0.2, -0.15) is 30.7 Å². The van der Waals surface area contributed by atoms with E-state index in [4.69, 9.17) is 20.4 Å². The summed E-state index contributed by atoms with van der Waals surface area (Å²) < 4.78 is 105. The highest BCUT2D eigenvalue weighted by Gasteiger charge is 2.85. The van der Waals surface area contributed by atoms with Crippen LogP contribution in [0.1, 0.15) is 26.2 Å². The van der Waals surface area contributed by atoms with Crippen molar-refractivity contribution in [2.75, 3.05) is 0 Å². The van der Waals surface area contributed by atoms with Crippen LogP contribution in [0.5, 0.6) is 0 Å². The second kappa shape index (κ2) is 6.06. The summed E-state index contributed by atoms with van der Waals surface area (Å²) in [5.74, 6) is -31.8. The first-order valence-corrected chi connectivity index (χ1v) is 5.84. The molecule has 2 unspecified atom stereocenters. The summed E-state index contributed by atoms with van der Waals surface area (Å²) in [5, 5.41) is 32.7. The molecule has 0 fully saturated rings. The van der Waals surface area contributed by atoms with E-state index in [1.165, 1.54) is 6.92 Å². The van der Waals surface area contributed by atoms with Crippen molar-refractivity contribution < 1.29 is 55.5 Å². The minimum absolute atomic E-state index is 0.0541. The molecule has 4 N–H and O–H groups in total. The summed E-state index contributed by atoms with van der Waals surface area (Å²) in [6.45, 7) is 1.36. The van der Waals surface area contributed by atoms with Crippen molar-refractivity contribution in [3.05, 3.63) is 0 Å². The molecule has 0 radical (unpaired) electrons. The molecule has 0 amide bonds. The first-order chi connectivity index (χ1) is 9.48. The molecule has 22 heavy (non-hydrogen) atoms. The molecule has 0 spiro atoms. The monoisotopic (exact) mass is 350 g/mol. The summed E-state index contributed by atoms with van der Waals surface area (Å²) >= 11 is 0. The Kier molecular flexibility index (Phi) is 5.86. The molecule has 0 aromatic heterocycles. The van der Waals surface area contributed by atoms with Gasteiger partial charge in [0.15, 0.2) is 6.17 Å². The molecule has 2 atom stereocenters. The summed E-state index contributed by atoms with van der Waals surface area (Å²) in [6.07, 6.45) is -5.45. The number of alkyl halides is 8. The van der Waals surface area contributed by atoms with E-state index in [-0.39, 0.29) is 12.8 Å². The molecule has 0 saturated carbocycles. The van der Waals surface area contributed by atoms with Gasteiger partial charge in [0, 0.05) is 0 Å². The van der Waals surface area contributed by atoms with Gasteiger partial charge in [-0.3, -0.25) is 0 Å². The van der Waals surface area contributed by atoms with E-state index in [0.29, 0.717) is 0 Å². The van der Waals surface area contributed by atoms with Gasteiger partial charge in [-0.1, -0.05) is 19.8 Å². The number of unbranched alkanes of at least 4 members (excludes halogenated alkanes) is 1. The van der Waals surface area contributed by atoms with Crippen LogP contribution in [0.4, 0.5) is 35.1 Å². The number of hydrogen-bond donors (Lipinski definition) is 4. The lowest BCUT2D eigenvalue weighted by atomic mass is 9.92. The zero-order valence-electron chi connectivity index (χ0n) is 11.0. The summed E-state index contributed by atoms with van der Waals surface area (Å²) in [5.41, 5.74) is 0. The number of halogens is 8. The van der Waals surface area contributed by atoms with Gasteiger partial charge in [-0.05, 0) is 6.42 Å². The average Bonchev–Trinajstić information content (AvgIpc) is 2.33. The van der Waals surface area contributed by atoms with E-state index in [0.717, 1.165) is 0 Å². The van der Waals surface area contributed by atoms with Gasteiger partial charge < -0.3 is 20.4 Å².